The van der Waals surface area contributed by atoms with Crippen LogP contribution in [0.5, 0.6) is 0 Å². The molecule has 0 aliphatic rings. The van der Waals surface area contributed by atoms with E-state index in [9.17, 15) is 22.8 Å². The van der Waals surface area contributed by atoms with Gasteiger partial charge in [0, 0.05) is 0 Å². The smallest absolute Gasteiger partial charge is 0.337 e. The van der Waals surface area contributed by atoms with E-state index in [2.05, 4.69) is 5.32 Å². The number of benzene rings is 2. The maximum atomic E-state index is 13.4. The zero-order chi connectivity index (χ0) is 15.6. The predicted octanol–water partition coefficient (Wildman–Crippen LogP) is 3.05. The number of carboxylic acids is 1. The van der Waals surface area contributed by atoms with Crippen molar-refractivity contribution in [2.75, 3.05) is 5.32 Å². The molecule has 0 radical (unpaired) electrons. The molecule has 0 saturated carbocycles. The fourth-order valence-corrected chi connectivity index (χ4v) is 1.67. The molecule has 0 heterocycles. The number of carboxylic acid groups (broad SMARTS) is 1. The molecule has 4 nitrogen and oxygen atoms in total. The Labute approximate surface area is 116 Å². The minimum Gasteiger partial charge on any atom is -0.478 e. The molecular formula is C14H8F3NO3. The van der Waals surface area contributed by atoms with E-state index in [-0.39, 0.29) is 11.3 Å². The Morgan fingerprint density at radius 3 is 2.19 bits per heavy atom. The van der Waals surface area contributed by atoms with E-state index in [1.54, 1.807) is 0 Å². The van der Waals surface area contributed by atoms with Gasteiger partial charge in [0.2, 0.25) is 0 Å². The van der Waals surface area contributed by atoms with Crippen LogP contribution in [0.25, 0.3) is 0 Å². The quantitative estimate of drug-likeness (QED) is 0.914. The molecule has 0 unspecified atom stereocenters. The number of amides is 1. The molecule has 2 aromatic rings. The molecule has 1 amide bonds. The largest absolute Gasteiger partial charge is 0.478 e. The van der Waals surface area contributed by atoms with Crippen LogP contribution in [-0.2, 0) is 0 Å². The van der Waals surface area contributed by atoms with Gasteiger partial charge in [-0.15, -0.1) is 0 Å². The second kappa shape index (κ2) is 5.66. The van der Waals surface area contributed by atoms with E-state index in [1.165, 1.54) is 0 Å². The molecule has 0 fully saturated rings. The molecule has 0 atom stereocenters. The van der Waals surface area contributed by atoms with Gasteiger partial charge in [-0.3, -0.25) is 4.79 Å². The monoisotopic (exact) mass is 295 g/mol. The molecule has 0 bridgehead atoms. The van der Waals surface area contributed by atoms with Crippen molar-refractivity contribution in [1.29, 1.82) is 0 Å². The summed E-state index contributed by atoms with van der Waals surface area (Å²) in [6.07, 6.45) is 0. The van der Waals surface area contributed by atoms with Gasteiger partial charge >= 0.3 is 5.97 Å². The molecule has 2 rings (SSSR count). The van der Waals surface area contributed by atoms with Crippen molar-refractivity contribution >= 4 is 17.6 Å². The van der Waals surface area contributed by atoms with Gasteiger partial charge in [0.25, 0.3) is 5.91 Å². The van der Waals surface area contributed by atoms with E-state index in [1.807, 2.05) is 0 Å². The summed E-state index contributed by atoms with van der Waals surface area (Å²) in [5, 5.41) is 11.0. The number of anilines is 1. The van der Waals surface area contributed by atoms with Crippen molar-refractivity contribution in [3.8, 4) is 0 Å². The molecule has 0 saturated heterocycles. The first-order valence-corrected chi connectivity index (χ1v) is 5.67. The van der Waals surface area contributed by atoms with Crippen molar-refractivity contribution < 1.29 is 27.9 Å². The first kappa shape index (κ1) is 14.6. The first-order valence-electron chi connectivity index (χ1n) is 5.67. The standard InChI is InChI=1S/C14H8F3NO3/c15-7-2-4-11(17)10(5-7)13(19)18-12-6-8(16)1-3-9(12)14(20)21/h1-6H,(H,18,19)(H,20,21). The van der Waals surface area contributed by atoms with E-state index in [4.69, 9.17) is 5.11 Å². The molecule has 2 N–H and O–H groups in total. The van der Waals surface area contributed by atoms with Gasteiger partial charge in [-0.2, -0.15) is 0 Å². The van der Waals surface area contributed by atoms with Crippen LogP contribution in [0.1, 0.15) is 20.7 Å². The molecular weight excluding hydrogens is 287 g/mol. The van der Waals surface area contributed by atoms with Crippen LogP contribution >= 0.6 is 0 Å². The summed E-state index contributed by atoms with van der Waals surface area (Å²) >= 11 is 0. The van der Waals surface area contributed by atoms with E-state index in [0.29, 0.717) is 6.07 Å². The lowest BCUT2D eigenvalue weighted by Crippen LogP contribution is -2.16. The van der Waals surface area contributed by atoms with Crippen LogP contribution in [0, 0.1) is 17.5 Å². The summed E-state index contributed by atoms with van der Waals surface area (Å²) in [7, 11) is 0. The zero-order valence-electron chi connectivity index (χ0n) is 10.4. The van der Waals surface area contributed by atoms with Crippen molar-refractivity contribution in [3.63, 3.8) is 0 Å². The zero-order valence-corrected chi connectivity index (χ0v) is 10.4. The Hall–Kier alpha value is -2.83. The summed E-state index contributed by atoms with van der Waals surface area (Å²) in [5.41, 5.74) is -1.34. The van der Waals surface area contributed by atoms with Crippen LogP contribution in [0.3, 0.4) is 0 Å². The first-order chi connectivity index (χ1) is 9.88. The fourth-order valence-electron chi connectivity index (χ4n) is 1.67. The Morgan fingerprint density at radius 1 is 0.905 bits per heavy atom. The normalized spacial score (nSPS) is 10.2. The fraction of sp³-hybridized carbons (Fsp3) is 0. The molecule has 0 aromatic heterocycles. The van der Waals surface area contributed by atoms with E-state index >= 15 is 0 Å². The Bertz CT molecular complexity index is 731. The highest BCUT2D eigenvalue weighted by atomic mass is 19.1. The van der Waals surface area contributed by atoms with Gasteiger partial charge in [0.05, 0.1) is 16.8 Å². The number of halogens is 3. The van der Waals surface area contributed by atoms with Gasteiger partial charge in [-0.05, 0) is 36.4 Å². The topological polar surface area (TPSA) is 66.4 Å². The van der Waals surface area contributed by atoms with E-state index < -0.39 is 34.9 Å². The van der Waals surface area contributed by atoms with Crippen molar-refractivity contribution in [2.24, 2.45) is 0 Å². The van der Waals surface area contributed by atoms with Crippen molar-refractivity contribution in [3.05, 3.63) is 65.0 Å². The summed E-state index contributed by atoms with van der Waals surface area (Å²) in [6, 6.07) is 4.88. The van der Waals surface area contributed by atoms with Crippen LogP contribution in [0.2, 0.25) is 0 Å². The molecule has 108 valence electrons. The minimum absolute atomic E-state index is 0.351. The van der Waals surface area contributed by atoms with Gasteiger partial charge in [-0.1, -0.05) is 0 Å². The third-order valence-electron chi connectivity index (χ3n) is 2.63. The van der Waals surface area contributed by atoms with E-state index in [0.717, 1.165) is 30.3 Å². The number of carbonyl (C=O) groups excluding carboxylic acids is 1. The predicted molar refractivity (Wildman–Crippen MR) is 67.7 cm³/mol. The lowest BCUT2D eigenvalue weighted by Gasteiger charge is -2.09. The third-order valence-corrected chi connectivity index (χ3v) is 2.63. The summed E-state index contributed by atoms with van der Waals surface area (Å²) in [4.78, 5) is 22.8. The number of hydrogen-bond acceptors (Lipinski definition) is 2. The minimum atomic E-state index is -1.40. The van der Waals surface area contributed by atoms with Crippen molar-refractivity contribution in [1.82, 2.24) is 0 Å². The highest BCUT2D eigenvalue weighted by molar-refractivity contribution is 6.07. The van der Waals surface area contributed by atoms with Gasteiger partial charge in [0.1, 0.15) is 17.5 Å². The lowest BCUT2D eigenvalue weighted by atomic mass is 10.1. The maximum absolute atomic E-state index is 13.4. The number of carbonyl (C=O) groups is 2. The van der Waals surface area contributed by atoms with Gasteiger partial charge in [-0.25, -0.2) is 18.0 Å². The highest BCUT2D eigenvalue weighted by Gasteiger charge is 2.17. The molecule has 0 aliphatic carbocycles. The maximum Gasteiger partial charge on any atom is 0.337 e. The van der Waals surface area contributed by atoms with Gasteiger partial charge < -0.3 is 10.4 Å². The second-order valence-electron chi connectivity index (χ2n) is 4.07. The number of hydrogen-bond donors (Lipinski definition) is 2. The summed E-state index contributed by atoms with van der Waals surface area (Å²) < 4.78 is 39.6. The average Bonchev–Trinajstić information content (AvgIpc) is 2.41. The molecule has 21 heavy (non-hydrogen) atoms. The summed E-state index contributed by atoms with van der Waals surface area (Å²) in [5.74, 6) is -5.08. The average molecular weight is 295 g/mol. The SMILES string of the molecule is O=C(Nc1cc(F)ccc1C(=O)O)c1cc(F)ccc1F. The number of aromatic carboxylic acids is 1. The second-order valence-corrected chi connectivity index (χ2v) is 4.07. The Kier molecular flexibility index (Phi) is 3.93. The highest BCUT2D eigenvalue weighted by Crippen LogP contribution is 2.19. The Morgan fingerprint density at radius 2 is 1.52 bits per heavy atom. The van der Waals surface area contributed by atoms with Crippen LogP contribution < -0.4 is 5.32 Å². The van der Waals surface area contributed by atoms with Crippen LogP contribution in [-0.4, -0.2) is 17.0 Å². The number of rotatable bonds is 3. The lowest BCUT2D eigenvalue weighted by molar-refractivity contribution is 0.0698. The van der Waals surface area contributed by atoms with Crippen LogP contribution in [0.4, 0.5) is 18.9 Å². The van der Waals surface area contributed by atoms with Gasteiger partial charge in [0.15, 0.2) is 0 Å². The van der Waals surface area contributed by atoms with Crippen molar-refractivity contribution in [2.45, 2.75) is 0 Å². The number of nitrogens with one attached hydrogen (secondary N) is 1. The molecule has 7 heteroatoms. The molecule has 0 aliphatic heterocycles. The molecule has 0 spiro atoms. The Balaban J connectivity index is 2.38. The third kappa shape index (κ3) is 3.19. The van der Waals surface area contributed by atoms with Crippen LogP contribution in [0.15, 0.2) is 36.4 Å². The molecule has 2 aromatic carbocycles. The summed E-state index contributed by atoms with van der Waals surface area (Å²) in [6.45, 7) is 0.